The first-order valence-electron chi connectivity index (χ1n) is 8.86. The van der Waals surface area contributed by atoms with Crippen molar-refractivity contribution in [3.8, 4) is 5.75 Å². The first-order valence-corrected chi connectivity index (χ1v) is 10.7. The fraction of sp³-hybridized carbons (Fsp3) is 0.190. The van der Waals surface area contributed by atoms with E-state index in [1.807, 2.05) is 43.3 Å². The highest BCUT2D eigenvalue weighted by molar-refractivity contribution is 7.92. The summed E-state index contributed by atoms with van der Waals surface area (Å²) in [6.45, 7) is 1.85. The van der Waals surface area contributed by atoms with Crippen molar-refractivity contribution in [2.24, 2.45) is 0 Å². The van der Waals surface area contributed by atoms with Gasteiger partial charge >= 0.3 is 0 Å². The summed E-state index contributed by atoms with van der Waals surface area (Å²) in [6.07, 6.45) is 1.07. The van der Waals surface area contributed by atoms with Gasteiger partial charge in [-0.2, -0.15) is 0 Å². The number of nitrogens with zero attached hydrogens (tertiary/aromatic N) is 1. The average molecular weight is 398 g/mol. The normalized spacial score (nSPS) is 11.2. The molecule has 0 aromatic heterocycles. The van der Waals surface area contributed by atoms with Crippen molar-refractivity contribution in [3.63, 3.8) is 0 Å². The third-order valence-corrected chi connectivity index (χ3v) is 5.28. The molecule has 0 saturated heterocycles. The Kier molecular flexibility index (Phi) is 5.84. The number of anilines is 2. The number of carbonyl (C=O) groups excluding carboxylic acids is 1. The zero-order chi connectivity index (χ0) is 20.1. The molecule has 6 nitrogen and oxygen atoms in total. The summed E-state index contributed by atoms with van der Waals surface area (Å²) in [5.41, 5.74) is 0.941. The van der Waals surface area contributed by atoms with Crippen LogP contribution in [0.25, 0.3) is 10.8 Å². The lowest BCUT2D eigenvalue weighted by atomic mass is 10.1. The number of fused-ring (bicyclic) bond motifs is 1. The molecule has 0 aliphatic carbocycles. The van der Waals surface area contributed by atoms with Crippen LogP contribution in [0.5, 0.6) is 5.75 Å². The van der Waals surface area contributed by atoms with Crippen molar-refractivity contribution in [3.05, 3.63) is 66.7 Å². The predicted octanol–water partition coefficient (Wildman–Crippen LogP) is 3.64. The number of nitrogens with one attached hydrogen (secondary N) is 1. The SMILES string of the molecule is CCOc1ccccc1N(CC(=O)Nc1ccc2ccccc2c1)S(C)(=O)=O. The van der Waals surface area contributed by atoms with Crippen molar-refractivity contribution in [1.29, 1.82) is 0 Å². The van der Waals surface area contributed by atoms with E-state index in [1.165, 1.54) is 0 Å². The number of hydrogen-bond acceptors (Lipinski definition) is 4. The van der Waals surface area contributed by atoms with Gasteiger partial charge in [-0.05, 0) is 42.0 Å². The molecule has 0 saturated carbocycles. The van der Waals surface area contributed by atoms with Crippen LogP contribution >= 0.6 is 0 Å². The maximum absolute atomic E-state index is 12.6. The summed E-state index contributed by atoms with van der Waals surface area (Å²) in [6, 6.07) is 20.1. The molecule has 3 aromatic carbocycles. The zero-order valence-electron chi connectivity index (χ0n) is 15.8. The molecule has 28 heavy (non-hydrogen) atoms. The molecule has 3 aromatic rings. The number of ether oxygens (including phenoxy) is 1. The molecule has 3 rings (SSSR count). The smallest absolute Gasteiger partial charge is 0.245 e. The van der Waals surface area contributed by atoms with Crippen molar-refractivity contribution < 1.29 is 17.9 Å². The molecule has 0 unspecified atom stereocenters. The van der Waals surface area contributed by atoms with E-state index in [2.05, 4.69) is 5.32 Å². The summed E-state index contributed by atoms with van der Waals surface area (Å²) in [5, 5.41) is 4.82. The van der Waals surface area contributed by atoms with Crippen molar-refractivity contribution >= 4 is 38.1 Å². The van der Waals surface area contributed by atoms with Crippen molar-refractivity contribution in [2.45, 2.75) is 6.92 Å². The summed E-state index contributed by atoms with van der Waals surface area (Å²) in [4.78, 5) is 12.6. The second-order valence-electron chi connectivity index (χ2n) is 6.28. The third kappa shape index (κ3) is 4.61. The molecular weight excluding hydrogens is 376 g/mol. The van der Waals surface area contributed by atoms with Crippen LogP contribution < -0.4 is 14.4 Å². The zero-order valence-corrected chi connectivity index (χ0v) is 16.6. The van der Waals surface area contributed by atoms with E-state index in [9.17, 15) is 13.2 Å². The van der Waals surface area contributed by atoms with E-state index in [0.29, 0.717) is 23.7 Å². The first kappa shape index (κ1) is 19.7. The van der Waals surface area contributed by atoms with Crippen molar-refractivity contribution in [1.82, 2.24) is 0 Å². The predicted molar refractivity (Wildman–Crippen MR) is 112 cm³/mol. The Morgan fingerprint density at radius 2 is 1.68 bits per heavy atom. The van der Waals surface area contributed by atoms with Gasteiger partial charge in [0.15, 0.2) is 0 Å². The Morgan fingerprint density at radius 3 is 2.39 bits per heavy atom. The molecule has 0 fully saturated rings. The Morgan fingerprint density at radius 1 is 1.00 bits per heavy atom. The van der Waals surface area contributed by atoms with E-state index in [1.54, 1.807) is 30.3 Å². The van der Waals surface area contributed by atoms with Gasteiger partial charge < -0.3 is 10.1 Å². The number of hydrogen-bond donors (Lipinski definition) is 1. The molecule has 0 aliphatic rings. The Bertz CT molecular complexity index is 1100. The Labute approximate surface area is 164 Å². The van der Waals surface area contributed by atoms with E-state index >= 15 is 0 Å². The summed E-state index contributed by atoms with van der Waals surface area (Å²) < 4.78 is 31.3. The standard InChI is InChI=1S/C21H22N2O4S/c1-3-27-20-11-7-6-10-19(20)23(28(2,25)26)15-21(24)22-18-13-12-16-8-4-5-9-17(16)14-18/h4-14H,3,15H2,1-2H3,(H,22,24). The van der Waals surface area contributed by atoms with E-state index in [4.69, 9.17) is 4.74 Å². The van der Waals surface area contributed by atoms with Crippen LogP contribution in [0, 0.1) is 0 Å². The lowest BCUT2D eigenvalue weighted by Gasteiger charge is -2.24. The minimum Gasteiger partial charge on any atom is -0.492 e. The van der Waals surface area contributed by atoms with Crippen LogP contribution in [0.15, 0.2) is 66.7 Å². The van der Waals surface area contributed by atoms with Gasteiger partial charge in [0.2, 0.25) is 15.9 Å². The fourth-order valence-electron chi connectivity index (χ4n) is 2.92. The van der Waals surface area contributed by atoms with Gasteiger partial charge in [0, 0.05) is 5.69 Å². The molecule has 0 heterocycles. The van der Waals surface area contributed by atoms with Crippen LogP contribution in [0.1, 0.15) is 6.92 Å². The molecular formula is C21H22N2O4S. The Balaban J connectivity index is 1.84. The number of benzene rings is 3. The fourth-order valence-corrected chi connectivity index (χ4v) is 3.78. The van der Waals surface area contributed by atoms with E-state index in [-0.39, 0.29) is 6.54 Å². The maximum atomic E-state index is 12.6. The summed E-state index contributed by atoms with van der Waals surface area (Å²) in [5.74, 6) is -0.0269. The van der Waals surface area contributed by atoms with E-state index in [0.717, 1.165) is 21.3 Å². The molecule has 146 valence electrons. The molecule has 1 N–H and O–H groups in total. The van der Waals surface area contributed by atoms with Gasteiger partial charge in [0.1, 0.15) is 12.3 Å². The highest BCUT2D eigenvalue weighted by atomic mass is 32.2. The van der Waals surface area contributed by atoms with Crippen LogP contribution in [0.4, 0.5) is 11.4 Å². The Hall–Kier alpha value is -3.06. The average Bonchev–Trinajstić information content (AvgIpc) is 2.66. The van der Waals surface area contributed by atoms with Gasteiger partial charge in [-0.3, -0.25) is 9.10 Å². The molecule has 0 bridgehead atoms. The van der Waals surface area contributed by atoms with Gasteiger partial charge in [0.25, 0.3) is 0 Å². The second-order valence-corrected chi connectivity index (χ2v) is 8.19. The molecule has 0 spiro atoms. The molecule has 7 heteroatoms. The lowest BCUT2D eigenvalue weighted by Crippen LogP contribution is -2.37. The van der Waals surface area contributed by atoms with Crippen LogP contribution in [-0.4, -0.2) is 33.7 Å². The van der Waals surface area contributed by atoms with Gasteiger partial charge in [-0.15, -0.1) is 0 Å². The molecule has 0 aliphatic heterocycles. The molecule has 1 amide bonds. The highest BCUT2D eigenvalue weighted by Crippen LogP contribution is 2.30. The summed E-state index contributed by atoms with van der Waals surface area (Å²) in [7, 11) is -3.69. The quantitative estimate of drug-likeness (QED) is 0.659. The number of para-hydroxylation sites is 2. The minimum absolute atomic E-state index is 0.334. The van der Waals surface area contributed by atoms with Gasteiger partial charge in [-0.1, -0.05) is 42.5 Å². The second kappa shape index (κ2) is 8.31. The first-order chi connectivity index (χ1) is 13.4. The largest absolute Gasteiger partial charge is 0.492 e. The third-order valence-electron chi connectivity index (χ3n) is 4.15. The topological polar surface area (TPSA) is 75.7 Å². The van der Waals surface area contributed by atoms with Gasteiger partial charge in [0.05, 0.1) is 18.6 Å². The number of carbonyl (C=O) groups is 1. The van der Waals surface area contributed by atoms with Crippen LogP contribution in [0.2, 0.25) is 0 Å². The number of rotatable bonds is 7. The molecule has 0 radical (unpaired) electrons. The van der Waals surface area contributed by atoms with Crippen LogP contribution in [0.3, 0.4) is 0 Å². The van der Waals surface area contributed by atoms with Gasteiger partial charge in [-0.25, -0.2) is 8.42 Å². The van der Waals surface area contributed by atoms with Crippen LogP contribution in [-0.2, 0) is 14.8 Å². The summed E-state index contributed by atoms with van der Waals surface area (Å²) >= 11 is 0. The number of sulfonamides is 1. The number of amides is 1. The monoisotopic (exact) mass is 398 g/mol. The maximum Gasteiger partial charge on any atom is 0.245 e. The molecule has 0 atom stereocenters. The minimum atomic E-state index is -3.69. The highest BCUT2D eigenvalue weighted by Gasteiger charge is 2.24. The van der Waals surface area contributed by atoms with Crippen molar-refractivity contribution in [2.75, 3.05) is 29.0 Å². The van der Waals surface area contributed by atoms with E-state index < -0.39 is 15.9 Å². The lowest BCUT2D eigenvalue weighted by molar-refractivity contribution is -0.114.